The summed E-state index contributed by atoms with van der Waals surface area (Å²) in [7, 11) is 0. The van der Waals surface area contributed by atoms with Crippen LogP contribution in [0.5, 0.6) is 0 Å². The molecule has 20 heavy (non-hydrogen) atoms. The van der Waals surface area contributed by atoms with E-state index in [9.17, 15) is 9.59 Å². The molecule has 0 aliphatic heterocycles. The van der Waals surface area contributed by atoms with Crippen LogP contribution in [0.25, 0.3) is 0 Å². The predicted molar refractivity (Wildman–Crippen MR) is 78.5 cm³/mol. The molecular formula is C13H19ClN4O2. The van der Waals surface area contributed by atoms with E-state index in [2.05, 4.69) is 15.6 Å². The zero-order chi connectivity index (χ0) is 15.1. The molecule has 1 aromatic rings. The van der Waals surface area contributed by atoms with Gasteiger partial charge in [-0.3, -0.25) is 9.59 Å². The number of nitrogen functional groups attached to an aromatic ring is 1. The Morgan fingerprint density at radius 3 is 2.65 bits per heavy atom. The highest BCUT2D eigenvalue weighted by atomic mass is 35.5. The summed E-state index contributed by atoms with van der Waals surface area (Å²) in [5.41, 5.74) is 5.83. The fraction of sp³-hybridized carbons (Fsp3) is 0.462. The van der Waals surface area contributed by atoms with Gasteiger partial charge in [-0.25, -0.2) is 4.98 Å². The second-order valence-electron chi connectivity index (χ2n) is 4.81. The summed E-state index contributed by atoms with van der Waals surface area (Å²) in [6.45, 7) is 4.91. The van der Waals surface area contributed by atoms with E-state index in [0.29, 0.717) is 18.0 Å². The van der Waals surface area contributed by atoms with Crippen molar-refractivity contribution < 1.29 is 9.59 Å². The number of carbonyl (C=O) groups excluding carboxylic acids is 2. The third kappa shape index (κ3) is 5.88. The zero-order valence-electron chi connectivity index (χ0n) is 11.6. The van der Waals surface area contributed by atoms with Crippen LogP contribution >= 0.6 is 11.6 Å². The molecule has 4 N–H and O–H groups in total. The molecule has 0 bridgehead atoms. The quantitative estimate of drug-likeness (QED) is 0.688. The van der Waals surface area contributed by atoms with Gasteiger partial charge in [-0.1, -0.05) is 25.4 Å². The minimum Gasteiger partial charge on any atom is -0.384 e. The zero-order valence-corrected chi connectivity index (χ0v) is 12.3. The van der Waals surface area contributed by atoms with Crippen molar-refractivity contribution in [1.29, 1.82) is 0 Å². The van der Waals surface area contributed by atoms with Crippen molar-refractivity contribution in [3.05, 3.63) is 22.8 Å². The van der Waals surface area contributed by atoms with E-state index in [-0.39, 0.29) is 35.8 Å². The molecule has 0 atom stereocenters. The van der Waals surface area contributed by atoms with Crippen LogP contribution in [0.3, 0.4) is 0 Å². The third-order valence-electron chi connectivity index (χ3n) is 2.42. The van der Waals surface area contributed by atoms with Crippen molar-refractivity contribution in [1.82, 2.24) is 15.6 Å². The molecule has 0 saturated carbocycles. The van der Waals surface area contributed by atoms with E-state index in [1.165, 1.54) is 12.1 Å². The van der Waals surface area contributed by atoms with Crippen molar-refractivity contribution in [2.45, 2.75) is 20.3 Å². The second-order valence-corrected chi connectivity index (χ2v) is 5.19. The van der Waals surface area contributed by atoms with E-state index >= 15 is 0 Å². The molecule has 1 aromatic heterocycles. The topological polar surface area (TPSA) is 97.1 Å². The summed E-state index contributed by atoms with van der Waals surface area (Å²) in [6, 6.07) is 2.85. The number of hydrogen-bond acceptors (Lipinski definition) is 4. The second kappa shape index (κ2) is 7.69. The van der Waals surface area contributed by atoms with Crippen molar-refractivity contribution in [3.8, 4) is 0 Å². The van der Waals surface area contributed by atoms with Crippen molar-refractivity contribution in [2.75, 3.05) is 18.8 Å². The standard InChI is InChI=1S/C13H19ClN4O2/c1-8(2)7-17-12(19)3-4-16-13(20)9-5-10(14)18-11(15)6-9/h5-6,8H,3-4,7H2,1-2H3,(H2,15,18)(H,16,20)(H,17,19). The van der Waals surface area contributed by atoms with E-state index < -0.39 is 0 Å². The van der Waals surface area contributed by atoms with Crippen LogP contribution in [0, 0.1) is 5.92 Å². The molecule has 7 heteroatoms. The number of rotatable bonds is 6. The summed E-state index contributed by atoms with van der Waals surface area (Å²) in [4.78, 5) is 27.0. The lowest BCUT2D eigenvalue weighted by molar-refractivity contribution is -0.121. The van der Waals surface area contributed by atoms with Gasteiger partial charge in [0.2, 0.25) is 5.91 Å². The first-order chi connectivity index (χ1) is 9.38. The van der Waals surface area contributed by atoms with Gasteiger partial charge in [-0.2, -0.15) is 0 Å². The summed E-state index contributed by atoms with van der Waals surface area (Å²) >= 11 is 5.71. The number of anilines is 1. The van der Waals surface area contributed by atoms with Crippen LogP contribution in [0.1, 0.15) is 30.6 Å². The number of pyridine rings is 1. The maximum atomic E-state index is 11.8. The third-order valence-corrected chi connectivity index (χ3v) is 2.61. The molecular weight excluding hydrogens is 280 g/mol. The lowest BCUT2D eigenvalue weighted by Crippen LogP contribution is -2.32. The monoisotopic (exact) mass is 298 g/mol. The van der Waals surface area contributed by atoms with Gasteiger partial charge in [0, 0.05) is 25.1 Å². The van der Waals surface area contributed by atoms with E-state index in [1.54, 1.807) is 0 Å². The molecule has 0 aliphatic rings. The average Bonchev–Trinajstić information content (AvgIpc) is 2.35. The van der Waals surface area contributed by atoms with Gasteiger partial charge in [0.1, 0.15) is 11.0 Å². The Morgan fingerprint density at radius 1 is 1.35 bits per heavy atom. The van der Waals surface area contributed by atoms with E-state index in [1.807, 2.05) is 13.8 Å². The number of nitrogens with one attached hydrogen (secondary N) is 2. The molecule has 110 valence electrons. The van der Waals surface area contributed by atoms with Gasteiger partial charge in [0.25, 0.3) is 5.91 Å². The molecule has 1 heterocycles. The highest BCUT2D eigenvalue weighted by molar-refractivity contribution is 6.29. The Balaban J connectivity index is 2.38. The van der Waals surface area contributed by atoms with Crippen molar-refractivity contribution in [2.24, 2.45) is 5.92 Å². The normalized spacial score (nSPS) is 10.4. The van der Waals surface area contributed by atoms with Crippen molar-refractivity contribution in [3.63, 3.8) is 0 Å². The highest BCUT2D eigenvalue weighted by Crippen LogP contribution is 2.11. The van der Waals surface area contributed by atoms with Crippen LogP contribution in [0.4, 0.5) is 5.82 Å². The first kappa shape index (κ1) is 16.2. The number of halogens is 1. The maximum Gasteiger partial charge on any atom is 0.251 e. The number of hydrogen-bond donors (Lipinski definition) is 3. The van der Waals surface area contributed by atoms with Crippen LogP contribution in [-0.2, 0) is 4.79 Å². The number of carbonyl (C=O) groups is 2. The minimum atomic E-state index is -0.336. The summed E-state index contributed by atoms with van der Waals surface area (Å²) < 4.78 is 0. The van der Waals surface area contributed by atoms with Crippen LogP contribution in [-0.4, -0.2) is 29.9 Å². The SMILES string of the molecule is CC(C)CNC(=O)CCNC(=O)c1cc(N)nc(Cl)c1. The molecule has 0 aliphatic carbocycles. The Kier molecular flexibility index (Phi) is 6.24. The smallest absolute Gasteiger partial charge is 0.251 e. The van der Waals surface area contributed by atoms with Gasteiger partial charge < -0.3 is 16.4 Å². The highest BCUT2D eigenvalue weighted by Gasteiger charge is 2.09. The molecule has 0 fully saturated rings. The number of nitrogens with zero attached hydrogens (tertiary/aromatic N) is 1. The van der Waals surface area contributed by atoms with Gasteiger partial charge in [-0.15, -0.1) is 0 Å². The number of nitrogens with two attached hydrogens (primary N) is 1. The Bertz CT molecular complexity index is 471. The number of aromatic nitrogens is 1. The first-order valence-electron chi connectivity index (χ1n) is 6.36. The fourth-order valence-corrected chi connectivity index (χ4v) is 1.66. The molecule has 0 unspecified atom stereocenters. The molecule has 0 aromatic carbocycles. The summed E-state index contributed by atoms with van der Waals surface area (Å²) in [5, 5.41) is 5.56. The average molecular weight is 299 g/mol. The van der Waals surface area contributed by atoms with Crippen LogP contribution < -0.4 is 16.4 Å². The lowest BCUT2D eigenvalue weighted by Gasteiger charge is -2.08. The fourth-order valence-electron chi connectivity index (χ4n) is 1.45. The van der Waals surface area contributed by atoms with E-state index in [4.69, 9.17) is 17.3 Å². The van der Waals surface area contributed by atoms with Gasteiger partial charge in [0.05, 0.1) is 0 Å². The molecule has 0 saturated heterocycles. The Hall–Kier alpha value is -1.82. The molecule has 0 radical (unpaired) electrons. The van der Waals surface area contributed by atoms with Gasteiger partial charge in [0.15, 0.2) is 0 Å². The van der Waals surface area contributed by atoms with Crippen molar-refractivity contribution >= 4 is 29.2 Å². The Labute approximate surface area is 123 Å². The molecule has 2 amide bonds. The predicted octanol–water partition coefficient (Wildman–Crippen LogP) is 1.21. The molecule has 0 spiro atoms. The first-order valence-corrected chi connectivity index (χ1v) is 6.74. The molecule has 1 rings (SSSR count). The maximum absolute atomic E-state index is 11.8. The van der Waals surface area contributed by atoms with Gasteiger partial charge >= 0.3 is 0 Å². The molecule has 6 nitrogen and oxygen atoms in total. The largest absolute Gasteiger partial charge is 0.384 e. The lowest BCUT2D eigenvalue weighted by atomic mass is 10.2. The van der Waals surface area contributed by atoms with E-state index in [0.717, 1.165) is 0 Å². The summed E-state index contributed by atoms with van der Waals surface area (Å²) in [5.74, 6) is 0.150. The minimum absolute atomic E-state index is 0.0914. The van der Waals surface area contributed by atoms with Crippen LogP contribution in [0.15, 0.2) is 12.1 Å². The van der Waals surface area contributed by atoms with Crippen LogP contribution in [0.2, 0.25) is 5.15 Å². The Morgan fingerprint density at radius 2 is 2.05 bits per heavy atom. The van der Waals surface area contributed by atoms with Gasteiger partial charge in [-0.05, 0) is 18.1 Å². The number of amides is 2. The summed E-state index contributed by atoms with van der Waals surface area (Å²) in [6.07, 6.45) is 0.229.